The number of likely N-dealkylation sites (tertiary alicyclic amines) is 1. The minimum atomic E-state index is -0.548. The van der Waals surface area contributed by atoms with E-state index in [1.54, 1.807) is 0 Å². The number of amides is 1. The number of benzene rings is 1. The third-order valence-corrected chi connectivity index (χ3v) is 5.31. The SMILES string of the molecule is CC1Oc2ccccc2OC1C(=O)N1CC(N2CCN(C)CC2)C1. The van der Waals surface area contributed by atoms with Gasteiger partial charge in [0.2, 0.25) is 6.10 Å². The fourth-order valence-electron chi connectivity index (χ4n) is 3.62. The van der Waals surface area contributed by atoms with E-state index in [1.807, 2.05) is 36.1 Å². The number of hydrogen-bond donors (Lipinski definition) is 0. The van der Waals surface area contributed by atoms with E-state index >= 15 is 0 Å². The number of hydrogen-bond acceptors (Lipinski definition) is 5. The van der Waals surface area contributed by atoms with Gasteiger partial charge in [-0.2, -0.15) is 0 Å². The highest BCUT2D eigenvalue weighted by molar-refractivity contribution is 5.83. The van der Waals surface area contributed by atoms with E-state index in [-0.39, 0.29) is 12.0 Å². The maximum absolute atomic E-state index is 12.8. The van der Waals surface area contributed by atoms with Crippen molar-refractivity contribution >= 4 is 5.91 Å². The normalized spacial score (nSPS) is 28.5. The van der Waals surface area contributed by atoms with Gasteiger partial charge in [0.05, 0.1) is 0 Å². The molecule has 0 bridgehead atoms. The molecule has 2 unspecified atom stereocenters. The minimum absolute atomic E-state index is 0.0439. The first-order chi connectivity index (χ1) is 11.6. The van der Waals surface area contributed by atoms with Gasteiger partial charge in [-0.05, 0) is 26.1 Å². The largest absolute Gasteiger partial charge is 0.482 e. The topological polar surface area (TPSA) is 45.3 Å². The van der Waals surface area contributed by atoms with Crippen molar-refractivity contribution in [3.05, 3.63) is 24.3 Å². The summed E-state index contributed by atoms with van der Waals surface area (Å²) in [7, 11) is 2.16. The van der Waals surface area contributed by atoms with E-state index in [9.17, 15) is 4.79 Å². The number of fused-ring (bicyclic) bond motifs is 1. The summed E-state index contributed by atoms with van der Waals surface area (Å²) < 4.78 is 11.8. The van der Waals surface area contributed by atoms with Crippen LogP contribution in [0.3, 0.4) is 0 Å². The Bertz CT molecular complexity index is 609. The number of carbonyl (C=O) groups excluding carboxylic acids is 1. The average molecular weight is 331 g/mol. The summed E-state index contributed by atoms with van der Waals surface area (Å²) >= 11 is 0. The Morgan fingerprint density at radius 1 is 1.04 bits per heavy atom. The lowest BCUT2D eigenvalue weighted by Gasteiger charge is -2.48. The Hall–Kier alpha value is -1.79. The number of likely N-dealkylation sites (N-methyl/N-ethyl adjacent to an activating group) is 1. The zero-order chi connectivity index (χ0) is 16.7. The van der Waals surface area contributed by atoms with Crippen molar-refractivity contribution in [1.82, 2.24) is 14.7 Å². The second-order valence-electron chi connectivity index (χ2n) is 7.04. The lowest BCUT2D eigenvalue weighted by Crippen LogP contribution is -2.66. The Morgan fingerprint density at radius 3 is 2.33 bits per heavy atom. The number of para-hydroxylation sites is 2. The predicted octanol–water partition coefficient (Wildman–Crippen LogP) is 0.673. The molecule has 24 heavy (non-hydrogen) atoms. The Morgan fingerprint density at radius 2 is 1.67 bits per heavy atom. The van der Waals surface area contributed by atoms with Crippen LogP contribution in [-0.2, 0) is 4.79 Å². The molecule has 0 aliphatic carbocycles. The van der Waals surface area contributed by atoms with E-state index in [1.165, 1.54) is 0 Å². The van der Waals surface area contributed by atoms with E-state index in [0.717, 1.165) is 39.3 Å². The van der Waals surface area contributed by atoms with Gasteiger partial charge in [-0.1, -0.05) is 12.1 Å². The van der Waals surface area contributed by atoms with E-state index < -0.39 is 6.10 Å². The van der Waals surface area contributed by atoms with Crippen LogP contribution >= 0.6 is 0 Å². The molecule has 0 saturated carbocycles. The zero-order valence-electron chi connectivity index (χ0n) is 14.4. The molecule has 2 saturated heterocycles. The van der Waals surface area contributed by atoms with Crippen LogP contribution < -0.4 is 9.47 Å². The van der Waals surface area contributed by atoms with Crippen molar-refractivity contribution in [1.29, 1.82) is 0 Å². The second kappa shape index (κ2) is 6.26. The van der Waals surface area contributed by atoms with Gasteiger partial charge in [0.25, 0.3) is 5.91 Å². The number of piperazine rings is 1. The molecule has 3 aliphatic heterocycles. The van der Waals surface area contributed by atoms with Gasteiger partial charge in [-0.3, -0.25) is 9.69 Å². The van der Waals surface area contributed by atoms with Crippen molar-refractivity contribution in [2.75, 3.05) is 46.3 Å². The Labute approximate surface area is 142 Å². The number of nitrogens with zero attached hydrogens (tertiary/aromatic N) is 3. The molecule has 1 aromatic rings. The highest BCUT2D eigenvalue weighted by Gasteiger charge is 2.42. The first-order valence-electron chi connectivity index (χ1n) is 8.75. The Kier molecular flexibility index (Phi) is 4.10. The Balaban J connectivity index is 1.34. The molecule has 1 amide bonds. The van der Waals surface area contributed by atoms with Crippen molar-refractivity contribution < 1.29 is 14.3 Å². The smallest absolute Gasteiger partial charge is 0.267 e. The highest BCUT2D eigenvalue weighted by atomic mass is 16.6. The monoisotopic (exact) mass is 331 g/mol. The first kappa shape index (κ1) is 15.7. The van der Waals surface area contributed by atoms with Crippen LogP contribution in [0.15, 0.2) is 24.3 Å². The van der Waals surface area contributed by atoms with Crippen molar-refractivity contribution in [2.45, 2.75) is 25.2 Å². The summed E-state index contributed by atoms with van der Waals surface area (Å²) in [6, 6.07) is 8.03. The predicted molar refractivity (Wildman–Crippen MR) is 90.4 cm³/mol. The molecule has 3 aliphatic rings. The maximum Gasteiger partial charge on any atom is 0.267 e. The molecule has 6 nitrogen and oxygen atoms in total. The third-order valence-electron chi connectivity index (χ3n) is 5.31. The minimum Gasteiger partial charge on any atom is -0.482 e. The molecule has 3 heterocycles. The van der Waals surface area contributed by atoms with Gasteiger partial charge < -0.3 is 19.3 Å². The molecule has 1 aromatic carbocycles. The molecule has 0 spiro atoms. The van der Waals surface area contributed by atoms with Crippen LogP contribution in [0.2, 0.25) is 0 Å². The van der Waals surface area contributed by atoms with Crippen molar-refractivity contribution in [2.24, 2.45) is 0 Å². The molecule has 0 radical (unpaired) electrons. The lowest BCUT2D eigenvalue weighted by molar-refractivity contribution is -0.152. The zero-order valence-corrected chi connectivity index (χ0v) is 14.4. The fraction of sp³-hybridized carbons (Fsp3) is 0.611. The van der Waals surface area contributed by atoms with Crippen LogP contribution in [0.5, 0.6) is 11.5 Å². The van der Waals surface area contributed by atoms with E-state index in [2.05, 4.69) is 16.8 Å². The van der Waals surface area contributed by atoms with Gasteiger partial charge in [0.1, 0.15) is 6.10 Å². The molecule has 2 fully saturated rings. The van der Waals surface area contributed by atoms with Gasteiger partial charge in [0.15, 0.2) is 11.5 Å². The third kappa shape index (κ3) is 2.84. The average Bonchev–Trinajstić information content (AvgIpc) is 2.54. The van der Waals surface area contributed by atoms with Gasteiger partial charge in [-0.15, -0.1) is 0 Å². The highest BCUT2D eigenvalue weighted by Crippen LogP contribution is 2.34. The molecular weight excluding hydrogens is 306 g/mol. The first-order valence-corrected chi connectivity index (χ1v) is 8.75. The van der Waals surface area contributed by atoms with Gasteiger partial charge in [0, 0.05) is 45.3 Å². The quantitative estimate of drug-likeness (QED) is 0.797. The summed E-state index contributed by atoms with van der Waals surface area (Å²) in [4.78, 5) is 19.5. The molecule has 4 rings (SSSR count). The van der Waals surface area contributed by atoms with Crippen molar-refractivity contribution in [3.63, 3.8) is 0 Å². The van der Waals surface area contributed by atoms with Gasteiger partial charge in [-0.25, -0.2) is 0 Å². The van der Waals surface area contributed by atoms with Crippen LogP contribution in [0.4, 0.5) is 0 Å². The number of carbonyl (C=O) groups is 1. The maximum atomic E-state index is 12.8. The van der Waals surface area contributed by atoms with Gasteiger partial charge >= 0.3 is 0 Å². The second-order valence-corrected chi connectivity index (χ2v) is 7.04. The number of ether oxygens (including phenoxy) is 2. The van der Waals surface area contributed by atoms with Crippen LogP contribution in [0.1, 0.15) is 6.92 Å². The molecule has 130 valence electrons. The lowest BCUT2D eigenvalue weighted by atomic mass is 10.0. The van der Waals surface area contributed by atoms with Crippen LogP contribution in [-0.4, -0.2) is 85.2 Å². The van der Waals surface area contributed by atoms with E-state index in [4.69, 9.17) is 9.47 Å². The molecular formula is C18H25N3O3. The summed E-state index contributed by atoms with van der Waals surface area (Å²) in [6.45, 7) is 7.91. The number of rotatable bonds is 2. The molecule has 6 heteroatoms. The summed E-state index contributed by atoms with van der Waals surface area (Å²) in [6.07, 6.45) is -0.816. The molecule has 0 N–H and O–H groups in total. The van der Waals surface area contributed by atoms with Crippen LogP contribution in [0.25, 0.3) is 0 Å². The fourth-order valence-corrected chi connectivity index (χ4v) is 3.62. The van der Waals surface area contributed by atoms with Crippen LogP contribution in [0, 0.1) is 0 Å². The summed E-state index contributed by atoms with van der Waals surface area (Å²) in [5.74, 6) is 1.42. The van der Waals surface area contributed by atoms with Crippen molar-refractivity contribution in [3.8, 4) is 11.5 Å². The van der Waals surface area contributed by atoms with E-state index in [0.29, 0.717) is 17.5 Å². The molecule has 2 atom stereocenters. The summed E-state index contributed by atoms with van der Waals surface area (Å²) in [5, 5.41) is 0. The summed E-state index contributed by atoms with van der Waals surface area (Å²) in [5.41, 5.74) is 0. The molecule has 0 aromatic heterocycles. The standard InChI is InChI=1S/C18H25N3O3/c1-13-17(24-16-6-4-3-5-15(16)23-13)18(22)21-11-14(12-21)20-9-7-19(2)8-10-20/h3-6,13-14,17H,7-12H2,1-2H3.